The van der Waals surface area contributed by atoms with E-state index in [0.717, 1.165) is 38.2 Å². The number of thiazole rings is 1. The second-order valence-corrected chi connectivity index (χ2v) is 11.6. The van der Waals surface area contributed by atoms with Crippen molar-refractivity contribution in [1.29, 1.82) is 0 Å². The zero-order valence-electron chi connectivity index (χ0n) is 23.9. The first-order valence-corrected chi connectivity index (χ1v) is 14.2. The molecule has 0 radical (unpaired) electrons. The van der Waals surface area contributed by atoms with Crippen molar-refractivity contribution in [2.24, 2.45) is 5.18 Å². The summed E-state index contributed by atoms with van der Waals surface area (Å²) in [5.41, 5.74) is 2.36. The van der Waals surface area contributed by atoms with Gasteiger partial charge >= 0.3 is 16.9 Å². The molecule has 0 spiro atoms. The monoisotopic (exact) mass is 591 g/mol. The molecule has 1 aromatic heterocycles. The maximum absolute atomic E-state index is 12.7. The van der Waals surface area contributed by atoms with Gasteiger partial charge in [-0.05, 0) is 61.7 Å². The number of rotatable bonds is 11. The molecule has 4 rings (SSSR count). The number of benzene rings is 3. The highest BCUT2D eigenvalue weighted by molar-refractivity contribution is 7.16. The molecule has 10 nitrogen and oxygen atoms in total. The van der Waals surface area contributed by atoms with Crippen LogP contribution in [0.2, 0.25) is 0 Å². The van der Waals surface area contributed by atoms with Gasteiger partial charge in [0, 0.05) is 6.42 Å². The van der Waals surface area contributed by atoms with E-state index >= 15 is 0 Å². The van der Waals surface area contributed by atoms with E-state index in [1.165, 1.54) is 7.11 Å². The van der Waals surface area contributed by atoms with Gasteiger partial charge in [0.15, 0.2) is 0 Å². The number of hydrogen-bond acceptors (Lipinski definition) is 9. The van der Waals surface area contributed by atoms with E-state index in [0.29, 0.717) is 12.3 Å². The summed E-state index contributed by atoms with van der Waals surface area (Å²) in [5.74, 6) is 0.00541. The van der Waals surface area contributed by atoms with Crippen LogP contribution in [-0.2, 0) is 27.2 Å². The van der Waals surface area contributed by atoms with Gasteiger partial charge in [0.05, 0.1) is 23.9 Å². The lowest BCUT2D eigenvalue weighted by Crippen LogP contribution is -2.45. The number of hydrogen-bond donors (Lipinski definition) is 1. The zero-order valence-corrected chi connectivity index (χ0v) is 24.7. The number of aromatic nitrogens is 1. The number of nitrogens with zero attached hydrogens (tertiary/aromatic N) is 2. The van der Waals surface area contributed by atoms with Gasteiger partial charge in [-0.25, -0.2) is 9.59 Å². The van der Waals surface area contributed by atoms with Gasteiger partial charge in [0.1, 0.15) is 30.0 Å². The van der Waals surface area contributed by atoms with Crippen molar-refractivity contribution in [2.75, 3.05) is 13.7 Å². The Morgan fingerprint density at radius 1 is 1.00 bits per heavy atom. The summed E-state index contributed by atoms with van der Waals surface area (Å²) in [6.45, 7) is 5.79. The molecule has 0 aliphatic heterocycles. The van der Waals surface area contributed by atoms with Gasteiger partial charge < -0.3 is 19.5 Å². The highest BCUT2D eigenvalue weighted by atomic mass is 32.1. The maximum Gasteiger partial charge on any atom is 0.408 e. The van der Waals surface area contributed by atoms with Crippen molar-refractivity contribution < 1.29 is 23.8 Å². The number of carbonyl (C=O) groups excluding carboxylic acids is 2. The second-order valence-electron chi connectivity index (χ2n) is 10.6. The summed E-state index contributed by atoms with van der Waals surface area (Å²) in [7, 11) is 1.26. The van der Waals surface area contributed by atoms with Crippen molar-refractivity contribution in [3.63, 3.8) is 0 Å². The van der Waals surface area contributed by atoms with Crippen LogP contribution in [0.4, 0.5) is 4.79 Å². The van der Waals surface area contributed by atoms with Crippen LogP contribution in [0, 0.1) is 4.91 Å². The van der Waals surface area contributed by atoms with E-state index in [9.17, 15) is 19.3 Å². The summed E-state index contributed by atoms with van der Waals surface area (Å²) in [6.07, 6.45) is -0.503. The molecule has 0 aliphatic carbocycles. The Labute approximate surface area is 247 Å². The maximum atomic E-state index is 12.7. The first-order chi connectivity index (χ1) is 20.1. The fourth-order valence-electron chi connectivity index (χ4n) is 4.41. The SMILES string of the molecule is COC(=O)C(Cc1ccc(OCCn2c(=O)sc3cc(C(N=O)c4ccccc4)ccc32)cc1)NC(=O)OC(C)(C)C. The van der Waals surface area contributed by atoms with E-state index in [2.05, 4.69) is 10.5 Å². The Bertz CT molecular complexity index is 1590. The Kier molecular flexibility index (Phi) is 9.74. The molecular weight excluding hydrogens is 558 g/mol. The van der Waals surface area contributed by atoms with Crippen LogP contribution in [0.15, 0.2) is 82.8 Å². The molecule has 42 heavy (non-hydrogen) atoms. The Morgan fingerprint density at radius 2 is 1.71 bits per heavy atom. The van der Waals surface area contributed by atoms with Gasteiger partial charge in [0.25, 0.3) is 0 Å². The van der Waals surface area contributed by atoms with Crippen LogP contribution in [0.5, 0.6) is 5.75 Å². The molecule has 220 valence electrons. The number of nitroso groups, excluding NO2 is 1. The average molecular weight is 592 g/mol. The van der Waals surface area contributed by atoms with Crippen molar-refractivity contribution in [3.8, 4) is 5.75 Å². The van der Waals surface area contributed by atoms with E-state index in [4.69, 9.17) is 14.2 Å². The minimum atomic E-state index is -0.916. The zero-order chi connectivity index (χ0) is 30.3. The lowest BCUT2D eigenvalue weighted by atomic mass is 9.99. The van der Waals surface area contributed by atoms with Crippen molar-refractivity contribution in [3.05, 3.63) is 104 Å². The number of carbonyl (C=O) groups is 2. The third-order valence-electron chi connectivity index (χ3n) is 6.35. The number of ether oxygens (including phenoxy) is 3. The normalized spacial score (nSPS) is 12.8. The number of amides is 1. The molecular formula is C31H33N3O7S. The smallest absolute Gasteiger partial charge is 0.408 e. The third-order valence-corrected chi connectivity index (χ3v) is 7.29. The quantitative estimate of drug-likeness (QED) is 0.178. The molecule has 1 amide bonds. The van der Waals surface area contributed by atoms with Gasteiger partial charge in [0.2, 0.25) is 0 Å². The predicted octanol–water partition coefficient (Wildman–Crippen LogP) is 5.61. The van der Waals surface area contributed by atoms with Crippen LogP contribution in [0.25, 0.3) is 10.2 Å². The van der Waals surface area contributed by atoms with Crippen LogP contribution >= 0.6 is 11.3 Å². The third kappa shape index (κ3) is 7.82. The van der Waals surface area contributed by atoms with Crippen molar-refractivity contribution >= 4 is 33.6 Å². The number of esters is 1. The van der Waals surface area contributed by atoms with Crippen LogP contribution in [0.1, 0.15) is 43.5 Å². The molecule has 3 aromatic carbocycles. The van der Waals surface area contributed by atoms with Crippen molar-refractivity contribution in [1.82, 2.24) is 9.88 Å². The van der Waals surface area contributed by atoms with Gasteiger partial charge in [-0.2, -0.15) is 0 Å². The second kappa shape index (κ2) is 13.4. The molecule has 4 aromatic rings. The molecule has 0 saturated carbocycles. The molecule has 11 heteroatoms. The fraction of sp³-hybridized carbons (Fsp3) is 0.323. The van der Waals surface area contributed by atoms with E-state index in [-0.39, 0.29) is 17.9 Å². The average Bonchev–Trinajstić information content (AvgIpc) is 3.27. The van der Waals surface area contributed by atoms with Gasteiger partial charge in [-0.1, -0.05) is 65.0 Å². The molecule has 2 unspecified atom stereocenters. The number of fused-ring (bicyclic) bond motifs is 1. The highest BCUT2D eigenvalue weighted by Crippen LogP contribution is 2.29. The summed E-state index contributed by atoms with van der Waals surface area (Å²) < 4.78 is 18.4. The Morgan fingerprint density at radius 3 is 2.36 bits per heavy atom. The highest BCUT2D eigenvalue weighted by Gasteiger charge is 2.25. The first-order valence-electron chi connectivity index (χ1n) is 13.4. The molecule has 0 aliphatic rings. The fourth-order valence-corrected chi connectivity index (χ4v) is 5.38. The Hall–Kier alpha value is -4.51. The van der Waals surface area contributed by atoms with E-state index in [1.54, 1.807) is 49.6 Å². The summed E-state index contributed by atoms with van der Waals surface area (Å²) in [6, 6.07) is 20.3. The molecule has 0 bridgehead atoms. The largest absolute Gasteiger partial charge is 0.492 e. The summed E-state index contributed by atoms with van der Waals surface area (Å²) >= 11 is 1.11. The predicted molar refractivity (Wildman–Crippen MR) is 161 cm³/mol. The molecule has 0 saturated heterocycles. The van der Waals surface area contributed by atoms with Crippen molar-refractivity contribution in [2.45, 2.75) is 51.4 Å². The van der Waals surface area contributed by atoms with Crippen LogP contribution in [0.3, 0.4) is 0 Å². The summed E-state index contributed by atoms with van der Waals surface area (Å²) in [4.78, 5) is 48.6. The lowest BCUT2D eigenvalue weighted by molar-refractivity contribution is -0.143. The van der Waals surface area contributed by atoms with Gasteiger partial charge in [-0.3, -0.25) is 9.36 Å². The number of methoxy groups -OCH3 is 1. The van der Waals surface area contributed by atoms with Gasteiger partial charge in [-0.15, -0.1) is 4.91 Å². The topological polar surface area (TPSA) is 125 Å². The number of nitrogens with one attached hydrogen (secondary N) is 1. The molecule has 0 fully saturated rings. The Balaban J connectivity index is 1.37. The van der Waals surface area contributed by atoms with Crippen LogP contribution < -0.4 is 14.9 Å². The summed E-state index contributed by atoms with van der Waals surface area (Å²) in [5, 5.41) is 5.87. The van der Waals surface area contributed by atoms with E-state index < -0.39 is 29.7 Å². The number of alkyl carbamates (subject to hydrolysis) is 1. The van der Waals surface area contributed by atoms with E-state index in [1.807, 2.05) is 48.5 Å². The molecule has 1 heterocycles. The minimum Gasteiger partial charge on any atom is -0.492 e. The standard InChI is InChI=1S/C31H33N3O7S/c1-31(2,3)41-29(36)32-24(28(35)39-4)18-20-10-13-23(14-11-20)40-17-16-34-25-15-12-22(19-26(25)42-30(34)37)27(33-38)21-8-6-5-7-9-21/h5-15,19,24,27H,16-18H2,1-4H3,(H,32,36). The molecule has 2 atom stereocenters. The molecule has 1 N–H and O–H groups in total. The first kappa shape index (κ1) is 30.4. The minimum absolute atomic E-state index is 0.122. The lowest BCUT2D eigenvalue weighted by Gasteiger charge is -2.22. The van der Waals surface area contributed by atoms with Crippen LogP contribution in [-0.4, -0.2) is 42.0 Å².